The second-order valence-electron chi connectivity index (χ2n) is 4.26. The van der Waals surface area contributed by atoms with Crippen molar-refractivity contribution in [2.24, 2.45) is 0 Å². The standard InChI is InChI=1S/C14H11ClO3/c15-11-2-1-3-13-9(11)4-5-10-12(17)6-8(16)7-14(10)18-13/h1-3,6-7,16-17H,4-5H2. The normalized spacial score (nSPS) is 13.2. The van der Waals surface area contributed by atoms with E-state index in [0.717, 1.165) is 5.56 Å². The first-order valence-electron chi connectivity index (χ1n) is 5.65. The van der Waals surface area contributed by atoms with Gasteiger partial charge >= 0.3 is 0 Å². The van der Waals surface area contributed by atoms with Crippen molar-refractivity contribution in [3.63, 3.8) is 0 Å². The van der Waals surface area contributed by atoms with Crippen molar-refractivity contribution < 1.29 is 14.9 Å². The highest BCUT2D eigenvalue weighted by Crippen LogP contribution is 2.41. The Bertz CT molecular complexity index is 623. The minimum Gasteiger partial charge on any atom is -0.508 e. The highest BCUT2D eigenvalue weighted by atomic mass is 35.5. The van der Waals surface area contributed by atoms with Gasteiger partial charge in [-0.2, -0.15) is 0 Å². The summed E-state index contributed by atoms with van der Waals surface area (Å²) in [4.78, 5) is 0. The number of benzene rings is 2. The maximum absolute atomic E-state index is 9.84. The lowest BCUT2D eigenvalue weighted by Gasteiger charge is -2.10. The molecule has 2 aromatic rings. The maximum Gasteiger partial charge on any atom is 0.138 e. The molecular weight excluding hydrogens is 252 g/mol. The number of hydrogen-bond acceptors (Lipinski definition) is 3. The molecule has 0 saturated heterocycles. The number of ether oxygens (including phenoxy) is 1. The number of fused-ring (bicyclic) bond motifs is 2. The number of phenolic OH excluding ortho intramolecular Hbond substituents is 2. The molecule has 4 heteroatoms. The van der Waals surface area contributed by atoms with E-state index in [2.05, 4.69) is 0 Å². The fraction of sp³-hybridized carbons (Fsp3) is 0.143. The quantitative estimate of drug-likeness (QED) is 0.762. The van der Waals surface area contributed by atoms with Crippen LogP contribution in [0.5, 0.6) is 23.0 Å². The highest BCUT2D eigenvalue weighted by molar-refractivity contribution is 6.31. The summed E-state index contributed by atoms with van der Waals surface area (Å²) in [7, 11) is 0. The van der Waals surface area contributed by atoms with E-state index in [9.17, 15) is 10.2 Å². The Labute approximate surface area is 109 Å². The Morgan fingerprint density at radius 3 is 2.61 bits per heavy atom. The van der Waals surface area contributed by atoms with E-state index in [1.54, 1.807) is 0 Å². The smallest absolute Gasteiger partial charge is 0.138 e. The van der Waals surface area contributed by atoms with Crippen molar-refractivity contribution in [3.8, 4) is 23.0 Å². The van der Waals surface area contributed by atoms with Crippen LogP contribution in [0.25, 0.3) is 0 Å². The summed E-state index contributed by atoms with van der Waals surface area (Å²) in [5, 5.41) is 20.0. The van der Waals surface area contributed by atoms with E-state index in [1.807, 2.05) is 18.2 Å². The molecule has 0 radical (unpaired) electrons. The summed E-state index contributed by atoms with van der Waals surface area (Å²) < 4.78 is 5.74. The molecule has 1 aliphatic heterocycles. The third-order valence-corrected chi connectivity index (χ3v) is 3.45. The lowest BCUT2D eigenvalue weighted by Crippen LogP contribution is -1.90. The Hall–Kier alpha value is -1.87. The fourth-order valence-corrected chi connectivity index (χ4v) is 2.46. The largest absolute Gasteiger partial charge is 0.508 e. The lowest BCUT2D eigenvalue weighted by molar-refractivity contribution is 0.427. The van der Waals surface area contributed by atoms with Gasteiger partial charge in [0, 0.05) is 28.3 Å². The molecule has 0 unspecified atom stereocenters. The first kappa shape index (κ1) is 11.2. The molecule has 18 heavy (non-hydrogen) atoms. The molecule has 0 spiro atoms. The van der Waals surface area contributed by atoms with Crippen LogP contribution in [0, 0.1) is 0 Å². The minimum atomic E-state index is -0.0169. The van der Waals surface area contributed by atoms with Crippen LogP contribution in [-0.2, 0) is 12.8 Å². The second-order valence-corrected chi connectivity index (χ2v) is 4.67. The molecule has 3 nitrogen and oxygen atoms in total. The van der Waals surface area contributed by atoms with Gasteiger partial charge < -0.3 is 14.9 Å². The molecule has 0 aromatic heterocycles. The van der Waals surface area contributed by atoms with Crippen LogP contribution in [0.15, 0.2) is 30.3 Å². The Morgan fingerprint density at radius 2 is 1.78 bits per heavy atom. The molecule has 0 atom stereocenters. The van der Waals surface area contributed by atoms with Crippen LogP contribution in [0.3, 0.4) is 0 Å². The van der Waals surface area contributed by atoms with E-state index < -0.39 is 0 Å². The summed E-state index contributed by atoms with van der Waals surface area (Å²) >= 11 is 6.14. The molecular formula is C14H11ClO3. The number of phenols is 2. The third-order valence-electron chi connectivity index (χ3n) is 3.09. The fourth-order valence-electron chi connectivity index (χ4n) is 2.20. The van der Waals surface area contributed by atoms with Crippen LogP contribution in [0.2, 0.25) is 5.02 Å². The van der Waals surface area contributed by atoms with E-state index in [0.29, 0.717) is 34.9 Å². The van der Waals surface area contributed by atoms with Crippen LogP contribution in [0.4, 0.5) is 0 Å². The summed E-state index contributed by atoms with van der Waals surface area (Å²) in [6, 6.07) is 8.29. The van der Waals surface area contributed by atoms with Gasteiger partial charge in [0.15, 0.2) is 0 Å². The van der Waals surface area contributed by atoms with Gasteiger partial charge in [0.25, 0.3) is 0 Å². The van der Waals surface area contributed by atoms with E-state index >= 15 is 0 Å². The van der Waals surface area contributed by atoms with E-state index in [4.69, 9.17) is 16.3 Å². The van der Waals surface area contributed by atoms with Crippen LogP contribution >= 0.6 is 11.6 Å². The molecule has 1 aliphatic rings. The topological polar surface area (TPSA) is 49.7 Å². The molecule has 1 heterocycles. The molecule has 0 fully saturated rings. The van der Waals surface area contributed by atoms with Gasteiger partial charge in [-0.3, -0.25) is 0 Å². The Balaban J connectivity index is 2.15. The van der Waals surface area contributed by atoms with E-state index in [-0.39, 0.29) is 11.5 Å². The van der Waals surface area contributed by atoms with Crippen molar-refractivity contribution in [1.82, 2.24) is 0 Å². The van der Waals surface area contributed by atoms with Gasteiger partial charge in [0.2, 0.25) is 0 Å². The lowest BCUT2D eigenvalue weighted by atomic mass is 10.0. The van der Waals surface area contributed by atoms with Gasteiger partial charge in [-0.15, -0.1) is 0 Å². The predicted octanol–water partition coefficient (Wildman–Crippen LogP) is 3.64. The van der Waals surface area contributed by atoms with Crippen molar-refractivity contribution in [2.75, 3.05) is 0 Å². The zero-order chi connectivity index (χ0) is 12.7. The molecule has 2 aromatic carbocycles. The molecule has 92 valence electrons. The molecule has 0 saturated carbocycles. The van der Waals surface area contributed by atoms with Gasteiger partial charge in [0.05, 0.1) is 0 Å². The summed E-state index contributed by atoms with van der Waals surface area (Å²) in [6.45, 7) is 0. The molecule has 0 bridgehead atoms. The predicted molar refractivity (Wildman–Crippen MR) is 68.7 cm³/mol. The van der Waals surface area contributed by atoms with Crippen LogP contribution < -0.4 is 4.74 Å². The number of halogens is 1. The minimum absolute atomic E-state index is 0.0169. The summed E-state index contributed by atoms with van der Waals surface area (Å²) in [5.74, 6) is 1.19. The molecule has 0 aliphatic carbocycles. The van der Waals surface area contributed by atoms with Gasteiger partial charge in [-0.25, -0.2) is 0 Å². The average molecular weight is 263 g/mol. The monoisotopic (exact) mass is 262 g/mol. The van der Waals surface area contributed by atoms with Crippen molar-refractivity contribution in [3.05, 3.63) is 46.5 Å². The third kappa shape index (κ3) is 1.77. The average Bonchev–Trinajstić information content (AvgIpc) is 2.48. The van der Waals surface area contributed by atoms with Crippen LogP contribution in [-0.4, -0.2) is 10.2 Å². The van der Waals surface area contributed by atoms with Crippen molar-refractivity contribution in [1.29, 1.82) is 0 Å². The molecule has 2 N–H and O–H groups in total. The first-order valence-corrected chi connectivity index (χ1v) is 6.03. The summed E-state index contributed by atoms with van der Waals surface area (Å²) in [5.41, 5.74) is 1.62. The highest BCUT2D eigenvalue weighted by Gasteiger charge is 2.20. The van der Waals surface area contributed by atoms with Gasteiger partial charge in [-0.05, 0) is 25.0 Å². The maximum atomic E-state index is 9.84. The number of rotatable bonds is 0. The summed E-state index contributed by atoms with van der Waals surface area (Å²) in [6.07, 6.45) is 1.32. The second kappa shape index (κ2) is 4.10. The zero-order valence-corrected chi connectivity index (χ0v) is 10.2. The SMILES string of the molecule is Oc1cc(O)c2c(c1)Oc1cccc(Cl)c1CC2. The Kier molecular flexibility index (Phi) is 2.56. The number of hydrogen-bond donors (Lipinski definition) is 2. The van der Waals surface area contributed by atoms with Gasteiger partial charge in [0.1, 0.15) is 23.0 Å². The molecule has 3 rings (SSSR count). The molecule has 0 amide bonds. The zero-order valence-electron chi connectivity index (χ0n) is 9.48. The van der Waals surface area contributed by atoms with E-state index in [1.165, 1.54) is 12.1 Å². The first-order chi connectivity index (χ1) is 8.65. The Morgan fingerprint density at radius 1 is 1.00 bits per heavy atom. The number of aromatic hydroxyl groups is 2. The van der Waals surface area contributed by atoms with Crippen molar-refractivity contribution in [2.45, 2.75) is 12.8 Å². The van der Waals surface area contributed by atoms with Crippen molar-refractivity contribution >= 4 is 11.6 Å². The van der Waals surface area contributed by atoms with Crippen LogP contribution in [0.1, 0.15) is 11.1 Å². The van der Waals surface area contributed by atoms with Gasteiger partial charge in [-0.1, -0.05) is 17.7 Å².